The van der Waals surface area contributed by atoms with Gasteiger partial charge in [0.15, 0.2) is 0 Å². The first-order chi connectivity index (χ1) is 16.5. The van der Waals surface area contributed by atoms with Gasteiger partial charge >= 0.3 is 5.97 Å². The Hall–Kier alpha value is -2.22. The molecule has 7 heteroatoms. The number of ether oxygens (including phenoxy) is 2. The van der Waals surface area contributed by atoms with Crippen molar-refractivity contribution in [1.29, 1.82) is 0 Å². The number of rotatable bonds is 14. The summed E-state index contributed by atoms with van der Waals surface area (Å²) in [5.74, 6) is -0.247. The topological polar surface area (TPSA) is 84.9 Å². The van der Waals surface area contributed by atoms with E-state index in [4.69, 9.17) is 14.6 Å². The molecule has 1 aromatic heterocycles. The van der Waals surface area contributed by atoms with E-state index in [1.165, 1.54) is 23.3 Å². The molecule has 0 aliphatic carbocycles. The van der Waals surface area contributed by atoms with Crippen molar-refractivity contribution in [3.05, 3.63) is 57.3 Å². The zero-order valence-electron chi connectivity index (χ0n) is 20.3. The van der Waals surface area contributed by atoms with Crippen molar-refractivity contribution in [2.24, 2.45) is 0 Å². The Morgan fingerprint density at radius 2 is 1.82 bits per heavy atom. The van der Waals surface area contributed by atoms with Crippen LogP contribution in [-0.4, -0.2) is 42.3 Å². The van der Waals surface area contributed by atoms with Gasteiger partial charge in [0.1, 0.15) is 11.0 Å². The molecule has 2 heterocycles. The second-order valence-corrected chi connectivity index (χ2v) is 10.3. The van der Waals surface area contributed by atoms with Crippen LogP contribution in [0, 0.1) is 0 Å². The average Bonchev–Trinajstić information content (AvgIpc) is 3.46. The summed E-state index contributed by atoms with van der Waals surface area (Å²) < 4.78 is 11.7. The van der Waals surface area contributed by atoms with E-state index in [1.54, 1.807) is 6.07 Å². The molecule has 0 spiro atoms. The number of esters is 1. The highest BCUT2D eigenvalue weighted by Gasteiger charge is 2.25. The molecule has 1 fully saturated rings. The maximum absolute atomic E-state index is 12.3. The third-order valence-electron chi connectivity index (χ3n) is 5.88. The zero-order valence-corrected chi connectivity index (χ0v) is 21.1. The first-order valence-electron chi connectivity index (χ1n) is 12.4. The first-order valence-corrected chi connectivity index (χ1v) is 13.2. The fourth-order valence-corrected chi connectivity index (χ4v) is 5.03. The molecule has 1 aliphatic heterocycles. The van der Waals surface area contributed by atoms with E-state index in [-0.39, 0.29) is 36.7 Å². The highest BCUT2D eigenvalue weighted by Crippen LogP contribution is 2.33. The molecule has 3 rings (SSSR count). The van der Waals surface area contributed by atoms with Gasteiger partial charge in [0, 0.05) is 17.9 Å². The van der Waals surface area contributed by atoms with E-state index in [0.29, 0.717) is 17.9 Å². The van der Waals surface area contributed by atoms with Gasteiger partial charge in [0.25, 0.3) is 0 Å². The van der Waals surface area contributed by atoms with Gasteiger partial charge in [0.2, 0.25) is 5.91 Å². The molecule has 1 saturated heterocycles. The lowest BCUT2D eigenvalue weighted by Gasteiger charge is -2.20. The quantitative estimate of drug-likeness (QED) is 0.283. The molecule has 0 saturated carbocycles. The van der Waals surface area contributed by atoms with Crippen LogP contribution in [0.3, 0.4) is 0 Å². The van der Waals surface area contributed by atoms with Crippen LogP contribution in [0.1, 0.15) is 90.6 Å². The van der Waals surface area contributed by atoms with Crippen LogP contribution in [0.25, 0.3) is 0 Å². The minimum atomic E-state index is -0.317. The minimum Gasteiger partial charge on any atom is -0.459 e. The molecule has 1 aliphatic rings. The summed E-state index contributed by atoms with van der Waals surface area (Å²) in [6.45, 7) is 4.38. The summed E-state index contributed by atoms with van der Waals surface area (Å²) >= 11 is 1.39. The van der Waals surface area contributed by atoms with E-state index < -0.39 is 0 Å². The molecule has 1 aromatic carbocycles. The molecule has 186 valence electrons. The SMILES string of the molecule is CC(C)OC(=O)c1ccc(C(OC[C@H]2CCC(=O)N2)c2ccc(CCCCCCCO)cc2)s1. The van der Waals surface area contributed by atoms with Crippen molar-refractivity contribution in [3.63, 3.8) is 0 Å². The zero-order chi connectivity index (χ0) is 24.3. The largest absolute Gasteiger partial charge is 0.459 e. The summed E-state index contributed by atoms with van der Waals surface area (Å²) in [5.41, 5.74) is 2.32. The lowest BCUT2D eigenvalue weighted by atomic mass is 10.0. The normalized spacial score (nSPS) is 16.6. The predicted octanol–water partition coefficient (Wildman–Crippen LogP) is 5.18. The predicted molar refractivity (Wildman–Crippen MR) is 134 cm³/mol. The first kappa shape index (κ1) is 26.4. The second-order valence-electron chi connectivity index (χ2n) is 9.16. The summed E-state index contributed by atoms with van der Waals surface area (Å²) in [4.78, 5) is 25.4. The molecule has 0 radical (unpaired) electrons. The van der Waals surface area contributed by atoms with Crippen molar-refractivity contribution >= 4 is 23.2 Å². The molecule has 6 nitrogen and oxygen atoms in total. The van der Waals surface area contributed by atoms with Gasteiger partial charge in [-0.25, -0.2) is 4.79 Å². The second kappa shape index (κ2) is 13.6. The van der Waals surface area contributed by atoms with Gasteiger partial charge in [-0.2, -0.15) is 0 Å². The standard InChI is InChI=1S/C27H37NO5S/c1-19(2)33-27(31)24-15-14-23(34-24)26(32-18-22-13-16-25(30)28-22)21-11-9-20(10-12-21)8-6-4-3-5-7-17-29/h9-12,14-15,19,22,26,29H,3-8,13,16-18H2,1-2H3,(H,28,30)/t22-,26?/m1/s1. The Balaban J connectivity index is 1.66. The summed E-state index contributed by atoms with van der Waals surface area (Å²) in [6, 6.07) is 12.3. The van der Waals surface area contributed by atoms with Crippen molar-refractivity contribution in [1.82, 2.24) is 5.32 Å². The number of aliphatic hydroxyl groups is 1. The number of nitrogens with one attached hydrogen (secondary N) is 1. The van der Waals surface area contributed by atoms with Crippen LogP contribution >= 0.6 is 11.3 Å². The van der Waals surface area contributed by atoms with E-state index in [1.807, 2.05) is 19.9 Å². The molecule has 2 aromatic rings. The monoisotopic (exact) mass is 487 g/mol. The van der Waals surface area contributed by atoms with Crippen LogP contribution < -0.4 is 5.32 Å². The van der Waals surface area contributed by atoms with Gasteiger partial charge < -0.3 is 19.9 Å². The Morgan fingerprint density at radius 3 is 2.50 bits per heavy atom. The van der Waals surface area contributed by atoms with Gasteiger partial charge in [-0.05, 0) is 62.8 Å². The van der Waals surface area contributed by atoms with Crippen LogP contribution in [0.2, 0.25) is 0 Å². The van der Waals surface area contributed by atoms with Crippen molar-refractivity contribution < 1.29 is 24.2 Å². The third kappa shape index (κ3) is 8.22. The Bertz CT molecular complexity index is 908. The molecule has 2 N–H and O–H groups in total. The lowest BCUT2D eigenvalue weighted by Crippen LogP contribution is -2.30. The number of hydrogen-bond acceptors (Lipinski definition) is 6. The minimum absolute atomic E-state index is 0.0189. The van der Waals surface area contributed by atoms with E-state index in [0.717, 1.165) is 49.0 Å². The fraction of sp³-hybridized carbons (Fsp3) is 0.556. The number of carbonyl (C=O) groups excluding carboxylic acids is 2. The number of thiophene rings is 1. The van der Waals surface area contributed by atoms with Crippen LogP contribution in [0.4, 0.5) is 0 Å². The summed E-state index contributed by atoms with van der Waals surface area (Å²) in [6.07, 6.45) is 7.31. The highest BCUT2D eigenvalue weighted by molar-refractivity contribution is 7.14. The van der Waals surface area contributed by atoms with Crippen LogP contribution in [0.15, 0.2) is 36.4 Å². The summed E-state index contributed by atoms with van der Waals surface area (Å²) in [7, 11) is 0. The molecule has 2 atom stereocenters. The van der Waals surface area contributed by atoms with Gasteiger partial charge in [0.05, 0.1) is 18.8 Å². The number of hydrogen-bond donors (Lipinski definition) is 2. The maximum Gasteiger partial charge on any atom is 0.348 e. The van der Waals surface area contributed by atoms with E-state index in [2.05, 4.69) is 29.6 Å². The Kier molecular flexibility index (Phi) is 10.6. The Morgan fingerprint density at radius 1 is 1.09 bits per heavy atom. The number of unbranched alkanes of at least 4 members (excludes halogenated alkanes) is 4. The van der Waals surface area contributed by atoms with E-state index >= 15 is 0 Å². The average molecular weight is 488 g/mol. The Labute approximate surface area is 206 Å². The number of benzene rings is 1. The smallest absolute Gasteiger partial charge is 0.348 e. The van der Waals surface area contributed by atoms with Crippen molar-refractivity contribution in [3.8, 4) is 0 Å². The molecule has 1 unspecified atom stereocenters. The van der Waals surface area contributed by atoms with Gasteiger partial charge in [-0.1, -0.05) is 43.5 Å². The molecule has 34 heavy (non-hydrogen) atoms. The number of aliphatic hydroxyl groups excluding tert-OH is 1. The van der Waals surface area contributed by atoms with Crippen LogP contribution in [0.5, 0.6) is 0 Å². The lowest BCUT2D eigenvalue weighted by molar-refractivity contribution is -0.119. The highest BCUT2D eigenvalue weighted by atomic mass is 32.1. The number of amides is 1. The number of carbonyl (C=O) groups is 2. The summed E-state index contributed by atoms with van der Waals surface area (Å²) in [5, 5.41) is 11.8. The molecule has 0 bridgehead atoms. The molecular weight excluding hydrogens is 450 g/mol. The maximum atomic E-state index is 12.3. The van der Waals surface area contributed by atoms with Crippen LogP contribution in [-0.2, 0) is 20.7 Å². The van der Waals surface area contributed by atoms with Gasteiger partial charge in [-0.15, -0.1) is 11.3 Å². The fourth-order valence-electron chi connectivity index (χ4n) is 4.06. The van der Waals surface area contributed by atoms with E-state index in [9.17, 15) is 9.59 Å². The third-order valence-corrected chi connectivity index (χ3v) is 6.99. The molecule has 1 amide bonds. The molecular formula is C27H37NO5S. The van der Waals surface area contributed by atoms with Gasteiger partial charge in [-0.3, -0.25) is 4.79 Å². The van der Waals surface area contributed by atoms with Crippen molar-refractivity contribution in [2.45, 2.75) is 83.5 Å². The van der Waals surface area contributed by atoms with Crippen molar-refractivity contribution in [2.75, 3.05) is 13.2 Å². The number of aryl methyl sites for hydroxylation is 1.